The molecule has 12 heteroatoms. The molecule has 1 aliphatic rings. The molecule has 1 saturated heterocycles. The Morgan fingerprint density at radius 3 is 2.62 bits per heavy atom. The molecule has 4 heterocycles. The van der Waals surface area contributed by atoms with Crippen LogP contribution in [0.1, 0.15) is 24.1 Å². The summed E-state index contributed by atoms with van der Waals surface area (Å²) in [6.45, 7) is 2.21. The Hall–Kier alpha value is -3.38. The van der Waals surface area contributed by atoms with Gasteiger partial charge >= 0.3 is 6.18 Å². The maximum absolute atomic E-state index is 12.9. The van der Waals surface area contributed by atoms with Crippen molar-refractivity contribution in [3.8, 4) is 5.69 Å². The van der Waals surface area contributed by atoms with E-state index in [1.54, 1.807) is 12.4 Å². The molecule has 192 valence electrons. The summed E-state index contributed by atoms with van der Waals surface area (Å²) in [6, 6.07) is 8.62. The highest BCUT2D eigenvalue weighted by Crippen LogP contribution is 2.33. The number of aldehydes is 1. The summed E-state index contributed by atoms with van der Waals surface area (Å²) in [4.78, 5) is 27.4. The van der Waals surface area contributed by atoms with Gasteiger partial charge in [0, 0.05) is 43.0 Å². The fourth-order valence-corrected chi connectivity index (χ4v) is 4.82. The molecule has 1 unspecified atom stereocenters. The summed E-state index contributed by atoms with van der Waals surface area (Å²) in [6.07, 6.45) is 3.01. The van der Waals surface area contributed by atoms with Gasteiger partial charge in [0.25, 0.3) is 0 Å². The Labute approximate surface area is 219 Å². The molecule has 1 aromatic carbocycles. The molecule has 0 amide bonds. The minimum Gasteiger partial charge on any atom is -0.355 e. The summed E-state index contributed by atoms with van der Waals surface area (Å²) in [5.74, 6) is 0.642. The second-order valence-electron chi connectivity index (χ2n) is 9.13. The van der Waals surface area contributed by atoms with Crippen molar-refractivity contribution >= 4 is 39.1 Å². The van der Waals surface area contributed by atoms with Gasteiger partial charge in [-0.25, -0.2) is 14.6 Å². The van der Waals surface area contributed by atoms with E-state index in [4.69, 9.17) is 0 Å². The molecule has 0 bridgehead atoms. The first-order chi connectivity index (χ1) is 17.8. The van der Waals surface area contributed by atoms with Gasteiger partial charge in [0.05, 0.1) is 27.7 Å². The molecule has 3 aromatic heterocycles. The molecule has 0 spiro atoms. The van der Waals surface area contributed by atoms with Crippen molar-refractivity contribution in [2.45, 2.75) is 25.6 Å². The third-order valence-electron chi connectivity index (χ3n) is 6.48. The van der Waals surface area contributed by atoms with Gasteiger partial charge in [0.2, 0.25) is 0 Å². The molecular formula is C25H23BrF3N7O. The number of nitrogens with one attached hydrogen (secondary N) is 1. The summed E-state index contributed by atoms with van der Waals surface area (Å²) < 4.78 is 41.2. The predicted molar refractivity (Wildman–Crippen MR) is 135 cm³/mol. The van der Waals surface area contributed by atoms with E-state index < -0.39 is 17.2 Å². The van der Waals surface area contributed by atoms with Crippen LogP contribution in [0.15, 0.2) is 59.6 Å². The van der Waals surface area contributed by atoms with Crippen LogP contribution in [0.25, 0.3) is 16.7 Å². The number of nitrogens with zero attached hydrogens (tertiary/aromatic N) is 6. The van der Waals surface area contributed by atoms with E-state index in [1.165, 1.54) is 23.1 Å². The molecule has 1 N–H and O–H groups in total. The van der Waals surface area contributed by atoms with Crippen LogP contribution in [0.2, 0.25) is 0 Å². The zero-order chi connectivity index (χ0) is 26.0. The summed E-state index contributed by atoms with van der Waals surface area (Å²) in [5, 5.41) is 8.47. The highest BCUT2D eigenvalue weighted by Gasteiger charge is 2.36. The molecular weight excluding hydrogens is 551 g/mol. The SMILES string of the molecule is O=CC1(CNCc2ccc(Br)cn2)CCCN(c2ncnc3nn(-c4ccc(C(F)(F)F)cc4)cc23)C1. The topological polar surface area (TPSA) is 88.8 Å². The van der Waals surface area contributed by atoms with Gasteiger partial charge in [-0.1, -0.05) is 0 Å². The summed E-state index contributed by atoms with van der Waals surface area (Å²) in [5.41, 5.74) is 0.450. The second-order valence-corrected chi connectivity index (χ2v) is 10.0. The number of rotatable bonds is 7. The average Bonchev–Trinajstić information content (AvgIpc) is 3.34. The molecule has 5 rings (SSSR count). The van der Waals surface area contributed by atoms with Crippen LogP contribution in [0.3, 0.4) is 0 Å². The lowest BCUT2D eigenvalue weighted by molar-refractivity contribution is -0.137. The van der Waals surface area contributed by atoms with Crippen LogP contribution < -0.4 is 10.2 Å². The van der Waals surface area contributed by atoms with Gasteiger partial charge in [-0.05, 0) is 65.2 Å². The Kier molecular flexibility index (Phi) is 6.95. The quantitative estimate of drug-likeness (QED) is 0.324. The normalized spacial score (nSPS) is 18.3. The molecule has 0 saturated carbocycles. The zero-order valence-corrected chi connectivity index (χ0v) is 21.2. The second kappa shape index (κ2) is 10.2. The van der Waals surface area contributed by atoms with Crippen molar-refractivity contribution in [2.24, 2.45) is 5.41 Å². The van der Waals surface area contributed by atoms with Gasteiger partial charge in [-0.3, -0.25) is 4.98 Å². The van der Waals surface area contributed by atoms with Crippen molar-refractivity contribution < 1.29 is 18.0 Å². The zero-order valence-electron chi connectivity index (χ0n) is 19.6. The van der Waals surface area contributed by atoms with Crippen molar-refractivity contribution in [1.82, 2.24) is 30.0 Å². The number of carbonyl (C=O) groups excluding carboxylic acids is 1. The van der Waals surface area contributed by atoms with Gasteiger partial charge in [-0.15, -0.1) is 5.10 Å². The lowest BCUT2D eigenvalue weighted by Crippen LogP contribution is -2.49. The number of carbonyl (C=O) groups is 1. The van der Waals surface area contributed by atoms with Crippen LogP contribution >= 0.6 is 15.9 Å². The maximum Gasteiger partial charge on any atom is 0.416 e. The molecule has 4 aromatic rings. The molecule has 37 heavy (non-hydrogen) atoms. The number of hydrogen-bond acceptors (Lipinski definition) is 7. The van der Waals surface area contributed by atoms with Gasteiger partial charge in [0.1, 0.15) is 18.4 Å². The van der Waals surface area contributed by atoms with Crippen molar-refractivity contribution in [3.63, 3.8) is 0 Å². The van der Waals surface area contributed by atoms with Crippen LogP contribution in [0.4, 0.5) is 19.0 Å². The minimum atomic E-state index is -4.41. The van der Waals surface area contributed by atoms with Crippen LogP contribution in [0.5, 0.6) is 0 Å². The van der Waals surface area contributed by atoms with Crippen molar-refractivity contribution in [3.05, 3.63) is 70.8 Å². The molecule has 1 aliphatic heterocycles. The van der Waals surface area contributed by atoms with E-state index >= 15 is 0 Å². The van der Waals surface area contributed by atoms with E-state index in [-0.39, 0.29) is 0 Å². The van der Waals surface area contributed by atoms with Crippen molar-refractivity contribution in [1.29, 1.82) is 0 Å². The lowest BCUT2D eigenvalue weighted by Gasteiger charge is -2.40. The summed E-state index contributed by atoms with van der Waals surface area (Å²) >= 11 is 3.37. The Morgan fingerprint density at radius 2 is 1.92 bits per heavy atom. The third kappa shape index (κ3) is 5.49. The van der Waals surface area contributed by atoms with E-state index in [9.17, 15) is 18.0 Å². The van der Waals surface area contributed by atoms with Gasteiger partial charge < -0.3 is 15.0 Å². The molecule has 1 atom stereocenters. The molecule has 0 radical (unpaired) electrons. The summed E-state index contributed by atoms with van der Waals surface area (Å²) in [7, 11) is 0. The first-order valence-corrected chi connectivity index (χ1v) is 12.5. The number of aromatic nitrogens is 5. The van der Waals surface area contributed by atoms with Crippen molar-refractivity contribution in [2.75, 3.05) is 24.5 Å². The maximum atomic E-state index is 12.9. The molecule has 8 nitrogen and oxygen atoms in total. The Bertz CT molecular complexity index is 1390. The Morgan fingerprint density at radius 1 is 1.11 bits per heavy atom. The smallest absolute Gasteiger partial charge is 0.355 e. The van der Waals surface area contributed by atoms with Crippen LogP contribution in [0, 0.1) is 5.41 Å². The standard InChI is InChI=1S/C25H23BrF3N7O/c26-18-4-5-19(31-10-18)11-30-13-24(15-37)8-1-9-35(14-24)23-21-12-36(34-22(21)32-16-33-23)20-6-2-17(3-7-20)25(27,28)29/h2-7,10,12,15-16,30H,1,8-9,11,13-14H2. The largest absolute Gasteiger partial charge is 0.416 e. The highest BCUT2D eigenvalue weighted by atomic mass is 79.9. The number of benzene rings is 1. The number of alkyl halides is 3. The number of fused-ring (bicyclic) bond motifs is 1. The predicted octanol–water partition coefficient (Wildman–Crippen LogP) is 4.57. The number of pyridine rings is 1. The number of hydrogen-bond donors (Lipinski definition) is 1. The molecule has 0 aliphatic carbocycles. The van der Waals surface area contributed by atoms with E-state index in [0.717, 1.165) is 41.4 Å². The number of piperidine rings is 1. The monoisotopic (exact) mass is 573 g/mol. The molecule has 1 fully saturated rings. The Balaban J connectivity index is 1.35. The minimum absolute atomic E-state index is 0.423. The average molecular weight is 574 g/mol. The fraction of sp³-hybridized carbons (Fsp3) is 0.320. The van der Waals surface area contributed by atoms with Crippen LogP contribution in [-0.2, 0) is 17.5 Å². The third-order valence-corrected chi connectivity index (χ3v) is 6.95. The first kappa shape index (κ1) is 25.3. The number of anilines is 1. The van der Waals surface area contributed by atoms with Crippen LogP contribution in [-0.4, -0.2) is 50.7 Å². The lowest BCUT2D eigenvalue weighted by atomic mass is 9.81. The highest BCUT2D eigenvalue weighted by molar-refractivity contribution is 9.10. The fourth-order valence-electron chi connectivity index (χ4n) is 4.59. The first-order valence-electron chi connectivity index (χ1n) is 11.7. The number of halogens is 4. The van der Waals surface area contributed by atoms with E-state index in [0.29, 0.717) is 48.7 Å². The van der Waals surface area contributed by atoms with Gasteiger partial charge in [0.15, 0.2) is 5.65 Å². The van der Waals surface area contributed by atoms with E-state index in [2.05, 4.69) is 46.2 Å². The van der Waals surface area contributed by atoms with Gasteiger partial charge in [-0.2, -0.15) is 13.2 Å². The van der Waals surface area contributed by atoms with E-state index in [1.807, 2.05) is 12.1 Å².